The molecule has 0 spiro atoms. The van der Waals surface area contributed by atoms with Crippen molar-refractivity contribution >= 4 is 0 Å². The van der Waals surface area contributed by atoms with Crippen LogP contribution in [-0.2, 0) is 4.74 Å². The van der Waals surface area contributed by atoms with E-state index in [1.54, 1.807) is 6.92 Å². The average Bonchev–Trinajstić information content (AvgIpc) is 2.53. The molecule has 0 saturated carbocycles. The van der Waals surface area contributed by atoms with Crippen LogP contribution >= 0.6 is 0 Å². The zero-order valence-electron chi connectivity index (χ0n) is 7.90. The van der Waals surface area contributed by atoms with Crippen molar-refractivity contribution in [2.75, 3.05) is 26.8 Å². The molecule has 1 aliphatic heterocycles. The number of halogens is 1. The molecule has 12 heavy (non-hydrogen) atoms. The molecule has 1 N–H and O–H groups in total. The molecule has 0 radical (unpaired) electrons. The number of rotatable bonds is 4. The molecule has 0 aromatic carbocycles. The second kappa shape index (κ2) is 4.19. The molecular formula is C9H18FNO. The summed E-state index contributed by atoms with van der Waals surface area (Å²) in [5, 5.41) is 2.97. The molecule has 1 saturated heterocycles. The topological polar surface area (TPSA) is 21.3 Å². The van der Waals surface area contributed by atoms with Gasteiger partial charge in [-0.3, -0.25) is 0 Å². The molecule has 0 aliphatic carbocycles. The summed E-state index contributed by atoms with van der Waals surface area (Å²) in [5.41, 5.74) is -1.06. The van der Waals surface area contributed by atoms with Crippen molar-refractivity contribution in [1.82, 2.24) is 5.32 Å². The summed E-state index contributed by atoms with van der Waals surface area (Å²) in [4.78, 5) is 0. The van der Waals surface area contributed by atoms with E-state index < -0.39 is 5.67 Å². The molecular weight excluding hydrogens is 157 g/mol. The van der Waals surface area contributed by atoms with E-state index in [1.807, 2.05) is 7.05 Å². The first-order valence-electron chi connectivity index (χ1n) is 4.58. The lowest BCUT2D eigenvalue weighted by Gasteiger charge is -2.25. The Morgan fingerprint density at radius 1 is 1.67 bits per heavy atom. The molecule has 0 bridgehead atoms. The van der Waals surface area contributed by atoms with Crippen molar-refractivity contribution in [3.8, 4) is 0 Å². The van der Waals surface area contributed by atoms with Gasteiger partial charge in [0.25, 0.3) is 0 Å². The molecule has 1 fully saturated rings. The van der Waals surface area contributed by atoms with Gasteiger partial charge in [0, 0.05) is 12.5 Å². The average molecular weight is 175 g/mol. The third-order valence-electron chi connectivity index (χ3n) is 2.64. The molecule has 0 amide bonds. The SMILES string of the molecule is CNCCC(C)(F)C1CCOC1. The van der Waals surface area contributed by atoms with E-state index in [0.29, 0.717) is 13.0 Å². The maximum Gasteiger partial charge on any atom is 0.114 e. The van der Waals surface area contributed by atoms with E-state index in [4.69, 9.17) is 4.74 Å². The van der Waals surface area contributed by atoms with Crippen LogP contribution in [0.2, 0.25) is 0 Å². The zero-order valence-corrected chi connectivity index (χ0v) is 7.90. The highest BCUT2D eigenvalue weighted by Gasteiger charge is 2.36. The molecule has 2 unspecified atom stereocenters. The lowest BCUT2D eigenvalue weighted by Crippen LogP contribution is -2.33. The minimum atomic E-state index is -1.06. The van der Waals surface area contributed by atoms with Crippen LogP contribution in [0.3, 0.4) is 0 Å². The van der Waals surface area contributed by atoms with Gasteiger partial charge in [0.05, 0.1) is 6.61 Å². The summed E-state index contributed by atoms with van der Waals surface area (Å²) in [6.07, 6.45) is 1.45. The van der Waals surface area contributed by atoms with Crippen LogP contribution in [0.15, 0.2) is 0 Å². The van der Waals surface area contributed by atoms with Gasteiger partial charge in [0.15, 0.2) is 0 Å². The fourth-order valence-electron chi connectivity index (χ4n) is 1.58. The van der Waals surface area contributed by atoms with Gasteiger partial charge in [-0.25, -0.2) is 4.39 Å². The molecule has 2 nitrogen and oxygen atoms in total. The van der Waals surface area contributed by atoms with E-state index in [9.17, 15) is 4.39 Å². The Morgan fingerprint density at radius 3 is 2.92 bits per heavy atom. The molecule has 2 atom stereocenters. The molecule has 0 aromatic heterocycles. The van der Waals surface area contributed by atoms with Crippen LogP contribution in [-0.4, -0.2) is 32.5 Å². The number of hydrogen-bond acceptors (Lipinski definition) is 2. The van der Waals surface area contributed by atoms with Crippen LogP contribution in [0, 0.1) is 5.92 Å². The summed E-state index contributed by atoms with van der Waals surface area (Å²) in [6, 6.07) is 0. The van der Waals surface area contributed by atoms with Crippen molar-refractivity contribution in [3.05, 3.63) is 0 Å². The Hall–Kier alpha value is -0.150. The Kier molecular flexibility index (Phi) is 3.47. The number of nitrogens with one attached hydrogen (secondary N) is 1. The van der Waals surface area contributed by atoms with Crippen molar-refractivity contribution in [3.63, 3.8) is 0 Å². The van der Waals surface area contributed by atoms with Gasteiger partial charge in [-0.15, -0.1) is 0 Å². The Labute approximate surface area is 73.5 Å². The fraction of sp³-hybridized carbons (Fsp3) is 1.00. The summed E-state index contributed by atoms with van der Waals surface area (Å²) in [7, 11) is 1.85. The van der Waals surface area contributed by atoms with E-state index in [1.165, 1.54) is 0 Å². The maximum atomic E-state index is 13.9. The van der Waals surface area contributed by atoms with Gasteiger partial charge >= 0.3 is 0 Å². The summed E-state index contributed by atoms with van der Waals surface area (Å²) in [6.45, 7) is 3.74. The van der Waals surface area contributed by atoms with Gasteiger partial charge in [-0.05, 0) is 33.4 Å². The summed E-state index contributed by atoms with van der Waals surface area (Å²) >= 11 is 0. The monoisotopic (exact) mass is 175 g/mol. The third-order valence-corrected chi connectivity index (χ3v) is 2.64. The number of hydrogen-bond donors (Lipinski definition) is 1. The molecule has 72 valence electrons. The highest BCUT2D eigenvalue weighted by molar-refractivity contribution is 4.85. The van der Waals surface area contributed by atoms with E-state index in [0.717, 1.165) is 19.6 Å². The Bertz CT molecular complexity index is 132. The zero-order chi connectivity index (χ0) is 9.03. The predicted octanol–water partition coefficient (Wildman–Crippen LogP) is 1.36. The van der Waals surface area contributed by atoms with E-state index in [2.05, 4.69) is 5.32 Å². The van der Waals surface area contributed by atoms with Gasteiger partial charge in [-0.2, -0.15) is 0 Å². The molecule has 1 rings (SSSR count). The lowest BCUT2D eigenvalue weighted by molar-refractivity contribution is 0.0764. The van der Waals surface area contributed by atoms with E-state index >= 15 is 0 Å². The van der Waals surface area contributed by atoms with Crippen LogP contribution in [0.25, 0.3) is 0 Å². The van der Waals surface area contributed by atoms with Gasteiger partial charge in [0.1, 0.15) is 5.67 Å². The number of alkyl halides is 1. The second-order valence-electron chi connectivity index (χ2n) is 3.69. The maximum absolute atomic E-state index is 13.9. The Morgan fingerprint density at radius 2 is 2.42 bits per heavy atom. The molecule has 3 heteroatoms. The first-order chi connectivity index (χ1) is 5.67. The highest BCUT2D eigenvalue weighted by atomic mass is 19.1. The predicted molar refractivity (Wildman–Crippen MR) is 47.0 cm³/mol. The van der Waals surface area contributed by atoms with Crippen LogP contribution in [0.5, 0.6) is 0 Å². The highest BCUT2D eigenvalue weighted by Crippen LogP contribution is 2.31. The molecule has 1 heterocycles. The van der Waals surface area contributed by atoms with Crippen molar-refractivity contribution < 1.29 is 9.13 Å². The second-order valence-corrected chi connectivity index (χ2v) is 3.69. The van der Waals surface area contributed by atoms with Gasteiger partial charge < -0.3 is 10.1 Å². The summed E-state index contributed by atoms with van der Waals surface area (Å²) in [5.74, 6) is 0.103. The first-order valence-corrected chi connectivity index (χ1v) is 4.58. The molecule has 1 aliphatic rings. The molecule has 0 aromatic rings. The first kappa shape index (κ1) is 9.93. The van der Waals surface area contributed by atoms with Crippen molar-refractivity contribution in [2.45, 2.75) is 25.4 Å². The lowest BCUT2D eigenvalue weighted by atomic mass is 9.87. The summed E-state index contributed by atoms with van der Waals surface area (Å²) < 4.78 is 19.0. The standard InChI is InChI=1S/C9H18FNO/c1-9(10,4-5-11-2)8-3-6-12-7-8/h8,11H,3-7H2,1-2H3. The largest absolute Gasteiger partial charge is 0.381 e. The quantitative estimate of drug-likeness (QED) is 0.696. The number of ether oxygens (including phenoxy) is 1. The van der Waals surface area contributed by atoms with Crippen molar-refractivity contribution in [2.24, 2.45) is 5.92 Å². The normalized spacial score (nSPS) is 28.8. The Balaban J connectivity index is 2.34. The van der Waals surface area contributed by atoms with Crippen LogP contribution in [0.1, 0.15) is 19.8 Å². The van der Waals surface area contributed by atoms with Crippen molar-refractivity contribution in [1.29, 1.82) is 0 Å². The third kappa shape index (κ3) is 2.42. The smallest absolute Gasteiger partial charge is 0.114 e. The van der Waals surface area contributed by atoms with Gasteiger partial charge in [0.2, 0.25) is 0 Å². The van der Waals surface area contributed by atoms with E-state index in [-0.39, 0.29) is 5.92 Å². The minimum Gasteiger partial charge on any atom is -0.381 e. The van der Waals surface area contributed by atoms with Crippen LogP contribution < -0.4 is 5.32 Å². The van der Waals surface area contributed by atoms with Gasteiger partial charge in [-0.1, -0.05) is 0 Å². The fourth-order valence-corrected chi connectivity index (χ4v) is 1.58. The van der Waals surface area contributed by atoms with Crippen LogP contribution in [0.4, 0.5) is 4.39 Å². The minimum absolute atomic E-state index is 0.103.